The molecule has 4 N–H and O–H groups in total. The number of fused-ring (bicyclic) bond motifs is 1. The summed E-state index contributed by atoms with van der Waals surface area (Å²) in [5, 5.41) is 7.73. The number of aromatic nitrogens is 1. The third-order valence-electron chi connectivity index (χ3n) is 6.47. The fourth-order valence-corrected chi connectivity index (χ4v) is 5.23. The van der Waals surface area contributed by atoms with Crippen LogP contribution in [-0.4, -0.2) is 24.9 Å². The van der Waals surface area contributed by atoms with Crippen LogP contribution in [0.25, 0.3) is 10.9 Å². The summed E-state index contributed by atoms with van der Waals surface area (Å²) in [4.78, 5) is 4.63. The number of ether oxygens (including phenoxy) is 1. The molecular formula is C25H28BrF3N4O. The number of nitrogens with zero attached hydrogens (tertiary/aromatic N) is 1. The van der Waals surface area contributed by atoms with Crippen molar-refractivity contribution in [2.75, 3.05) is 24.6 Å². The number of nitrogens with one attached hydrogen (secondary N) is 2. The second kappa shape index (κ2) is 10.4. The lowest BCUT2D eigenvalue weighted by Gasteiger charge is -2.31. The number of para-hydroxylation sites is 1. The first-order chi connectivity index (χ1) is 16.2. The van der Waals surface area contributed by atoms with Crippen LogP contribution >= 0.6 is 15.9 Å². The van der Waals surface area contributed by atoms with E-state index in [1.807, 2.05) is 25.2 Å². The van der Waals surface area contributed by atoms with Gasteiger partial charge in [0.25, 0.3) is 0 Å². The molecule has 34 heavy (non-hydrogen) atoms. The van der Waals surface area contributed by atoms with E-state index < -0.39 is 6.36 Å². The number of alkyl halides is 3. The van der Waals surface area contributed by atoms with Crippen LogP contribution in [0.1, 0.15) is 42.7 Å². The summed E-state index contributed by atoms with van der Waals surface area (Å²) in [6.07, 6.45) is -0.712. The van der Waals surface area contributed by atoms with Gasteiger partial charge < -0.3 is 21.1 Å². The normalized spacial score (nSPS) is 18.7. The maximum Gasteiger partial charge on any atom is 0.573 e. The third-order valence-corrected chi connectivity index (χ3v) is 6.96. The second-order valence-electron chi connectivity index (χ2n) is 8.70. The van der Waals surface area contributed by atoms with Gasteiger partial charge in [0.15, 0.2) is 0 Å². The Labute approximate surface area is 205 Å². The molecular weight excluding hydrogens is 509 g/mol. The first-order valence-corrected chi connectivity index (χ1v) is 12.1. The number of rotatable bonds is 7. The van der Waals surface area contributed by atoms with Crippen molar-refractivity contribution < 1.29 is 17.9 Å². The molecule has 1 saturated carbocycles. The van der Waals surface area contributed by atoms with Gasteiger partial charge in [-0.25, -0.2) is 4.98 Å². The van der Waals surface area contributed by atoms with Crippen LogP contribution in [-0.2, 0) is 6.54 Å². The molecule has 5 nitrogen and oxygen atoms in total. The molecule has 1 aliphatic carbocycles. The van der Waals surface area contributed by atoms with Gasteiger partial charge >= 0.3 is 6.36 Å². The fourth-order valence-electron chi connectivity index (χ4n) is 4.89. The monoisotopic (exact) mass is 536 g/mol. The Hall–Kier alpha value is -2.52. The van der Waals surface area contributed by atoms with Crippen LogP contribution in [0.2, 0.25) is 0 Å². The predicted molar refractivity (Wildman–Crippen MR) is 133 cm³/mol. The van der Waals surface area contributed by atoms with Crippen molar-refractivity contribution in [1.29, 1.82) is 0 Å². The summed E-state index contributed by atoms with van der Waals surface area (Å²) in [6, 6.07) is 12.7. The van der Waals surface area contributed by atoms with Crippen molar-refractivity contribution in [1.82, 2.24) is 10.3 Å². The number of hydrogen-bond acceptors (Lipinski definition) is 5. The van der Waals surface area contributed by atoms with Gasteiger partial charge in [-0.15, -0.1) is 13.2 Å². The average Bonchev–Trinajstić information content (AvgIpc) is 2.79. The van der Waals surface area contributed by atoms with Crippen LogP contribution in [0, 0.1) is 5.92 Å². The lowest BCUT2D eigenvalue weighted by molar-refractivity contribution is -0.274. The molecule has 0 aliphatic heterocycles. The number of benzene rings is 2. The Balaban J connectivity index is 1.37. The Morgan fingerprint density at radius 1 is 1.12 bits per heavy atom. The maximum atomic E-state index is 12.7. The molecule has 2 aromatic carbocycles. The van der Waals surface area contributed by atoms with E-state index in [2.05, 4.69) is 42.4 Å². The largest absolute Gasteiger partial charge is 0.573 e. The van der Waals surface area contributed by atoms with Gasteiger partial charge in [0.05, 0.1) is 11.2 Å². The maximum absolute atomic E-state index is 12.7. The number of nitrogen functional groups attached to an aromatic ring is 1. The smallest absolute Gasteiger partial charge is 0.405 e. The summed E-state index contributed by atoms with van der Waals surface area (Å²) >= 11 is 3.20. The van der Waals surface area contributed by atoms with Gasteiger partial charge in [0, 0.05) is 34.6 Å². The summed E-state index contributed by atoms with van der Waals surface area (Å²) in [7, 11) is 1.92. The standard InChI is InChI=1S/C25H28BrF3N4O/c1-31-23-19-4-2-3-5-20(19)33-24(30)22(23)16-8-6-15(7-9-16)13-32-14-17-10-11-18(26)12-21(17)34-25(27,28)29/h2-5,10-12,15-16,32H,6-9,13-14H2,1H3,(H3,30,31,33). The highest BCUT2D eigenvalue weighted by Crippen LogP contribution is 2.43. The predicted octanol–water partition coefficient (Wildman–Crippen LogP) is 6.58. The minimum atomic E-state index is -4.72. The fraction of sp³-hybridized carbons (Fsp3) is 0.400. The zero-order chi connectivity index (χ0) is 24.3. The summed E-state index contributed by atoms with van der Waals surface area (Å²) in [5.74, 6) is 1.18. The van der Waals surface area contributed by atoms with E-state index in [0.717, 1.165) is 54.4 Å². The van der Waals surface area contributed by atoms with Gasteiger partial charge in [-0.3, -0.25) is 0 Å². The highest BCUT2D eigenvalue weighted by Gasteiger charge is 2.32. The number of pyridine rings is 1. The first kappa shape index (κ1) is 24.6. The van der Waals surface area contributed by atoms with Gasteiger partial charge in [-0.2, -0.15) is 0 Å². The van der Waals surface area contributed by atoms with Crippen molar-refractivity contribution in [3.8, 4) is 5.75 Å². The molecule has 0 atom stereocenters. The second-order valence-corrected chi connectivity index (χ2v) is 9.62. The molecule has 182 valence electrons. The number of halogens is 4. The van der Waals surface area contributed by atoms with Gasteiger partial charge in [-0.05, 0) is 62.3 Å². The average molecular weight is 537 g/mol. The highest BCUT2D eigenvalue weighted by atomic mass is 79.9. The van der Waals surface area contributed by atoms with E-state index >= 15 is 0 Å². The lowest BCUT2D eigenvalue weighted by Crippen LogP contribution is -2.27. The van der Waals surface area contributed by atoms with Crippen molar-refractivity contribution in [3.63, 3.8) is 0 Å². The topological polar surface area (TPSA) is 72.2 Å². The number of nitrogens with two attached hydrogens (primary N) is 1. The summed E-state index contributed by atoms with van der Waals surface area (Å²) < 4.78 is 42.9. The quantitative estimate of drug-likeness (QED) is 0.318. The van der Waals surface area contributed by atoms with Crippen molar-refractivity contribution in [3.05, 3.63) is 58.1 Å². The number of anilines is 2. The van der Waals surface area contributed by atoms with Crippen molar-refractivity contribution in [2.24, 2.45) is 5.92 Å². The van der Waals surface area contributed by atoms with E-state index in [1.165, 1.54) is 6.07 Å². The van der Waals surface area contributed by atoms with Gasteiger partial charge in [0.1, 0.15) is 11.6 Å². The minimum absolute atomic E-state index is 0.183. The Morgan fingerprint density at radius 3 is 2.56 bits per heavy atom. The van der Waals surface area contributed by atoms with E-state index in [9.17, 15) is 13.2 Å². The van der Waals surface area contributed by atoms with Gasteiger partial charge in [-0.1, -0.05) is 40.2 Å². The third kappa shape index (κ3) is 5.75. The van der Waals surface area contributed by atoms with Crippen LogP contribution in [0.5, 0.6) is 5.75 Å². The molecule has 0 bridgehead atoms. The molecule has 1 heterocycles. The lowest BCUT2D eigenvalue weighted by atomic mass is 9.78. The van der Waals surface area contributed by atoms with Crippen LogP contribution in [0.4, 0.5) is 24.7 Å². The molecule has 1 fully saturated rings. The molecule has 1 aromatic heterocycles. The number of hydrogen-bond donors (Lipinski definition) is 3. The molecule has 4 rings (SSSR count). The van der Waals surface area contributed by atoms with E-state index in [0.29, 0.717) is 34.2 Å². The van der Waals surface area contributed by atoms with E-state index in [-0.39, 0.29) is 5.75 Å². The molecule has 0 unspecified atom stereocenters. The SMILES string of the molecule is CNc1c(C2CCC(CNCc3ccc(Br)cc3OC(F)(F)F)CC2)c(N)nc2ccccc12. The molecule has 0 radical (unpaired) electrons. The van der Waals surface area contributed by atoms with Crippen LogP contribution in [0.15, 0.2) is 46.9 Å². The van der Waals surface area contributed by atoms with Crippen molar-refractivity contribution in [2.45, 2.75) is 44.5 Å². The molecule has 3 aromatic rings. The minimum Gasteiger partial charge on any atom is -0.405 e. The molecule has 0 saturated heterocycles. The van der Waals surface area contributed by atoms with Crippen molar-refractivity contribution >= 4 is 38.3 Å². The van der Waals surface area contributed by atoms with Crippen LogP contribution in [0.3, 0.4) is 0 Å². The Bertz CT molecular complexity index is 1150. The molecule has 1 aliphatic rings. The molecule has 9 heteroatoms. The zero-order valence-electron chi connectivity index (χ0n) is 18.9. The van der Waals surface area contributed by atoms with E-state index in [1.54, 1.807) is 12.1 Å². The zero-order valence-corrected chi connectivity index (χ0v) is 20.5. The first-order valence-electron chi connectivity index (χ1n) is 11.4. The summed E-state index contributed by atoms with van der Waals surface area (Å²) in [5.41, 5.74) is 9.89. The highest BCUT2D eigenvalue weighted by molar-refractivity contribution is 9.10. The van der Waals surface area contributed by atoms with E-state index in [4.69, 9.17) is 5.73 Å². The Morgan fingerprint density at radius 2 is 1.85 bits per heavy atom. The molecule has 0 spiro atoms. The Kier molecular flexibility index (Phi) is 7.52. The summed E-state index contributed by atoms with van der Waals surface area (Å²) in [6.45, 7) is 1.04. The molecule has 0 amide bonds. The van der Waals surface area contributed by atoms with Gasteiger partial charge in [0.2, 0.25) is 0 Å². The van der Waals surface area contributed by atoms with Crippen LogP contribution < -0.4 is 21.1 Å².